The number of hydrogen-bond acceptors (Lipinski definition) is 3. The lowest BCUT2D eigenvalue weighted by Gasteiger charge is -2.08. The number of nitrogens with one attached hydrogen (secondary N) is 1. The molecule has 0 bridgehead atoms. The minimum Gasteiger partial charge on any atom is -0.372 e. The van der Waals surface area contributed by atoms with Crippen LogP contribution in [0.4, 0.5) is 13.2 Å². The Bertz CT molecular complexity index is 194. The third-order valence-corrected chi connectivity index (χ3v) is 1.44. The molecule has 15 heavy (non-hydrogen) atoms. The normalized spacial score (nSPS) is 13.0. The first-order chi connectivity index (χ1) is 6.99. The quantitative estimate of drug-likeness (QED) is 0.236. The van der Waals surface area contributed by atoms with Gasteiger partial charge >= 0.3 is 6.18 Å². The third-order valence-electron chi connectivity index (χ3n) is 1.44. The SMILES string of the molecule is CCCN=C(CCOCC(F)(F)F)NN. The highest BCUT2D eigenvalue weighted by Gasteiger charge is 2.27. The van der Waals surface area contributed by atoms with Crippen LogP contribution in [0.2, 0.25) is 0 Å². The van der Waals surface area contributed by atoms with E-state index in [0.29, 0.717) is 12.4 Å². The number of nitrogens with two attached hydrogens (primary N) is 1. The van der Waals surface area contributed by atoms with E-state index in [1.807, 2.05) is 6.92 Å². The van der Waals surface area contributed by atoms with E-state index in [1.54, 1.807) is 0 Å². The maximum absolute atomic E-state index is 11.7. The molecule has 3 N–H and O–H groups in total. The molecule has 0 radical (unpaired) electrons. The Balaban J connectivity index is 3.64. The first-order valence-corrected chi connectivity index (χ1v) is 4.64. The van der Waals surface area contributed by atoms with E-state index >= 15 is 0 Å². The monoisotopic (exact) mass is 227 g/mol. The summed E-state index contributed by atoms with van der Waals surface area (Å²) < 4.78 is 39.4. The van der Waals surface area contributed by atoms with Gasteiger partial charge in [-0.3, -0.25) is 4.99 Å². The maximum atomic E-state index is 11.7. The van der Waals surface area contributed by atoms with Gasteiger partial charge in [0.2, 0.25) is 0 Å². The summed E-state index contributed by atoms with van der Waals surface area (Å²) in [4.78, 5) is 4.01. The zero-order chi connectivity index (χ0) is 11.7. The molecule has 0 unspecified atom stereocenters. The zero-order valence-electron chi connectivity index (χ0n) is 8.60. The van der Waals surface area contributed by atoms with Gasteiger partial charge in [-0.25, -0.2) is 5.84 Å². The van der Waals surface area contributed by atoms with Crippen molar-refractivity contribution in [3.05, 3.63) is 0 Å². The molecule has 0 atom stereocenters. The lowest BCUT2D eigenvalue weighted by molar-refractivity contribution is -0.173. The van der Waals surface area contributed by atoms with Crippen LogP contribution in [-0.4, -0.2) is 31.8 Å². The van der Waals surface area contributed by atoms with Gasteiger partial charge in [0.15, 0.2) is 0 Å². The molecule has 0 amide bonds. The summed E-state index contributed by atoms with van der Waals surface area (Å²) in [6.45, 7) is 1.25. The van der Waals surface area contributed by atoms with E-state index in [4.69, 9.17) is 5.84 Å². The second-order valence-electron chi connectivity index (χ2n) is 2.89. The second-order valence-corrected chi connectivity index (χ2v) is 2.89. The van der Waals surface area contributed by atoms with Gasteiger partial charge < -0.3 is 10.2 Å². The number of hydrazine groups is 1. The summed E-state index contributed by atoms with van der Waals surface area (Å²) in [5, 5.41) is 0. The molecule has 90 valence electrons. The Morgan fingerprint density at radius 1 is 1.47 bits per heavy atom. The first-order valence-electron chi connectivity index (χ1n) is 4.64. The number of hydrogen-bond donors (Lipinski definition) is 2. The van der Waals surface area contributed by atoms with Crippen molar-refractivity contribution >= 4 is 5.84 Å². The number of alkyl halides is 3. The van der Waals surface area contributed by atoms with Crippen LogP contribution in [0.25, 0.3) is 0 Å². The molecule has 0 aliphatic heterocycles. The Morgan fingerprint density at radius 2 is 2.13 bits per heavy atom. The van der Waals surface area contributed by atoms with E-state index in [0.717, 1.165) is 6.42 Å². The minimum absolute atomic E-state index is 0.0493. The average molecular weight is 227 g/mol. The Hall–Kier alpha value is -0.820. The molecule has 0 heterocycles. The Morgan fingerprint density at radius 3 is 2.60 bits per heavy atom. The minimum atomic E-state index is -4.28. The number of rotatable bonds is 6. The van der Waals surface area contributed by atoms with Gasteiger partial charge in [0.25, 0.3) is 0 Å². The Kier molecular flexibility index (Phi) is 7.06. The van der Waals surface area contributed by atoms with Gasteiger partial charge in [0, 0.05) is 13.0 Å². The van der Waals surface area contributed by atoms with E-state index in [1.165, 1.54) is 0 Å². The lowest BCUT2D eigenvalue weighted by atomic mass is 10.4. The molecule has 0 aliphatic carbocycles. The number of halogens is 3. The van der Waals surface area contributed by atoms with Crippen molar-refractivity contribution in [3.63, 3.8) is 0 Å². The largest absolute Gasteiger partial charge is 0.411 e. The summed E-state index contributed by atoms with van der Waals surface area (Å²) in [6.07, 6.45) is -3.17. The summed E-state index contributed by atoms with van der Waals surface area (Å²) in [5.41, 5.74) is 2.32. The number of amidine groups is 1. The van der Waals surface area contributed by atoms with Crippen molar-refractivity contribution in [3.8, 4) is 0 Å². The highest BCUT2D eigenvalue weighted by Crippen LogP contribution is 2.14. The van der Waals surface area contributed by atoms with Crippen LogP contribution >= 0.6 is 0 Å². The van der Waals surface area contributed by atoms with Crippen LogP contribution in [0, 0.1) is 0 Å². The maximum Gasteiger partial charge on any atom is 0.411 e. The predicted octanol–water partition coefficient (Wildman–Crippen LogP) is 1.23. The highest BCUT2D eigenvalue weighted by molar-refractivity contribution is 5.81. The van der Waals surface area contributed by atoms with Crippen molar-refractivity contribution in [1.29, 1.82) is 0 Å². The van der Waals surface area contributed by atoms with Gasteiger partial charge in [0.05, 0.1) is 6.61 Å². The third kappa shape index (κ3) is 9.48. The summed E-state index contributed by atoms with van der Waals surface area (Å²) >= 11 is 0. The van der Waals surface area contributed by atoms with Crippen LogP contribution in [0.15, 0.2) is 4.99 Å². The van der Waals surface area contributed by atoms with Crippen LogP contribution < -0.4 is 11.3 Å². The number of aliphatic imine (C=N–C) groups is 1. The van der Waals surface area contributed by atoms with Crippen molar-refractivity contribution in [2.75, 3.05) is 19.8 Å². The van der Waals surface area contributed by atoms with Crippen LogP contribution in [-0.2, 0) is 4.74 Å². The fourth-order valence-electron chi connectivity index (χ4n) is 0.800. The molecule has 0 saturated heterocycles. The molecule has 0 aromatic rings. The lowest BCUT2D eigenvalue weighted by Crippen LogP contribution is -2.32. The molecule has 0 fully saturated rings. The topological polar surface area (TPSA) is 59.6 Å². The predicted molar refractivity (Wildman–Crippen MR) is 51.4 cm³/mol. The van der Waals surface area contributed by atoms with E-state index < -0.39 is 12.8 Å². The smallest absolute Gasteiger partial charge is 0.372 e. The van der Waals surface area contributed by atoms with E-state index in [2.05, 4.69) is 15.2 Å². The summed E-state index contributed by atoms with van der Waals surface area (Å²) in [7, 11) is 0. The van der Waals surface area contributed by atoms with Crippen molar-refractivity contribution in [2.45, 2.75) is 25.9 Å². The molecule has 0 aliphatic rings. The van der Waals surface area contributed by atoms with Crippen molar-refractivity contribution < 1.29 is 17.9 Å². The van der Waals surface area contributed by atoms with Crippen LogP contribution in [0.3, 0.4) is 0 Å². The average Bonchev–Trinajstić information content (AvgIpc) is 2.15. The fourth-order valence-corrected chi connectivity index (χ4v) is 0.800. The standard InChI is InChI=1S/C8H16F3N3O/c1-2-4-13-7(14-12)3-5-15-6-8(9,10)11/h2-6,12H2,1H3,(H,13,14). The number of nitrogens with zero attached hydrogens (tertiary/aromatic N) is 1. The molecule has 0 rings (SSSR count). The molecule has 7 heteroatoms. The number of ether oxygens (including phenoxy) is 1. The summed E-state index contributed by atoms with van der Waals surface area (Å²) in [5.74, 6) is 5.58. The van der Waals surface area contributed by atoms with Gasteiger partial charge in [-0.15, -0.1) is 0 Å². The van der Waals surface area contributed by atoms with Crippen LogP contribution in [0.1, 0.15) is 19.8 Å². The van der Waals surface area contributed by atoms with Crippen molar-refractivity contribution in [1.82, 2.24) is 5.43 Å². The fraction of sp³-hybridized carbons (Fsp3) is 0.875. The van der Waals surface area contributed by atoms with Gasteiger partial charge in [-0.1, -0.05) is 6.92 Å². The molecular formula is C8H16F3N3O. The summed E-state index contributed by atoms with van der Waals surface area (Å²) in [6, 6.07) is 0. The second kappa shape index (κ2) is 7.47. The van der Waals surface area contributed by atoms with Crippen molar-refractivity contribution in [2.24, 2.45) is 10.8 Å². The van der Waals surface area contributed by atoms with Gasteiger partial charge in [0.1, 0.15) is 12.4 Å². The first kappa shape index (κ1) is 14.2. The van der Waals surface area contributed by atoms with E-state index in [-0.39, 0.29) is 13.0 Å². The highest BCUT2D eigenvalue weighted by atomic mass is 19.4. The molecule has 0 saturated carbocycles. The molecule has 0 aromatic carbocycles. The molecule has 4 nitrogen and oxygen atoms in total. The molecule has 0 spiro atoms. The zero-order valence-corrected chi connectivity index (χ0v) is 8.60. The molecular weight excluding hydrogens is 211 g/mol. The van der Waals surface area contributed by atoms with Crippen LogP contribution in [0.5, 0.6) is 0 Å². The Labute approximate surface area is 86.7 Å². The molecule has 0 aromatic heterocycles. The van der Waals surface area contributed by atoms with E-state index in [9.17, 15) is 13.2 Å². The van der Waals surface area contributed by atoms with Gasteiger partial charge in [-0.2, -0.15) is 13.2 Å². The van der Waals surface area contributed by atoms with Gasteiger partial charge in [-0.05, 0) is 6.42 Å².